The molecule has 1 aromatic heterocycles. The van der Waals surface area contributed by atoms with Crippen LogP contribution in [-0.4, -0.2) is 29.4 Å². The maximum absolute atomic E-state index is 9.43. The first-order valence-electron chi connectivity index (χ1n) is 7.37. The summed E-state index contributed by atoms with van der Waals surface area (Å²) in [5.74, 6) is 0.850. The number of aryl methyl sites for hydroxylation is 1. The van der Waals surface area contributed by atoms with Crippen LogP contribution in [0.1, 0.15) is 44.0 Å². The van der Waals surface area contributed by atoms with Crippen LogP contribution in [0, 0.1) is 17.2 Å². The van der Waals surface area contributed by atoms with Crippen LogP contribution in [0.4, 0.5) is 0 Å². The lowest BCUT2D eigenvalue weighted by Crippen LogP contribution is -2.43. The van der Waals surface area contributed by atoms with Crippen molar-refractivity contribution in [3.05, 3.63) is 16.8 Å². The zero-order valence-corrected chi connectivity index (χ0v) is 12.4. The number of rotatable bonds is 4. The second-order valence-corrected chi connectivity index (χ2v) is 5.25. The summed E-state index contributed by atoms with van der Waals surface area (Å²) in [5.41, 5.74) is 2.42. The Kier molecular flexibility index (Phi) is 4.91. The van der Waals surface area contributed by atoms with Crippen molar-refractivity contribution >= 4 is 0 Å². The molecule has 0 aliphatic carbocycles. The maximum Gasteiger partial charge on any atom is 0.252 e. The number of hydrogen-bond donors (Lipinski definition) is 1. The molecule has 1 aliphatic rings. The van der Waals surface area contributed by atoms with E-state index >= 15 is 0 Å². The van der Waals surface area contributed by atoms with Gasteiger partial charge in [0, 0.05) is 6.54 Å². The van der Waals surface area contributed by atoms with E-state index < -0.39 is 0 Å². The molecule has 1 aromatic rings. The Balaban J connectivity index is 2.30. The molecule has 0 bridgehead atoms. The summed E-state index contributed by atoms with van der Waals surface area (Å²) in [4.78, 5) is 0. The van der Waals surface area contributed by atoms with Crippen LogP contribution in [-0.2, 0) is 12.8 Å². The van der Waals surface area contributed by atoms with Crippen LogP contribution in [0.2, 0.25) is 0 Å². The van der Waals surface area contributed by atoms with Gasteiger partial charge in [0.05, 0.1) is 5.69 Å². The number of aromatic nitrogens is 2. The number of nitrogens with one attached hydrogen (secondary N) is 1. The van der Waals surface area contributed by atoms with E-state index in [1.54, 1.807) is 0 Å². The molecule has 0 saturated carbocycles. The SMILES string of the molecule is CCc1nnc(OC2CNCCC2C)c(C#N)c1CC. The van der Waals surface area contributed by atoms with E-state index in [1.807, 2.05) is 13.8 Å². The van der Waals surface area contributed by atoms with Crippen molar-refractivity contribution in [3.63, 3.8) is 0 Å². The second kappa shape index (κ2) is 6.67. The van der Waals surface area contributed by atoms with E-state index in [4.69, 9.17) is 4.74 Å². The molecule has 0 amide bonds. The van der Waals surface area contributed by atoms with Gasteiger partial charge in [-0.1, -0.05) is 20.8 Å². The highest BCUT2D eigenvalue weighted by Crippen LogP contribution is 2.25. The lowest BCUT2D eigenvalue weighted by Gasteiger charge is -2.29. The first kappa shape index (κ1) is 14.7. The zero-order valence-electron chi connectivity index (χ0n) is 12.4. The van der Waals surface area contributed by atoms with Crippen molar-refractivity contribution in [2.45, 2.75) is 46.1 Å². The van der Waals surface area contributed by atoms with Crippen LogP contribution < -0.4 is 10.1 Å². The summed E-state index contributed by atoms with van der Waals surface area (Å²) in [7, 11) is 0. The molecule has 108 valence electrons. The molecule has 2 atom stereocenters. The van der Waals surface area contributed by atoms with Gasteiger partial charge in [-0.2, -0.15) is 10.4 Å². The predicted octanol–water partition coefficient (Wildman–Crippen LogP) is 1.85. The van der Waals surface area contributed by atoms with E-state index in [2.05, 4.69) is 28.5 Å². The molecule has 20 heavy (non-hydrogen) atoms. The molecule has 2 rings (SSSR count). The van der Waals surface area contributed by atoms with Crippen LogP contribution in [0.25, 0.3) is 0 Å². The monoisotopic (exact) mass is 274 g/mol. The van der Waals surface area contributed by atoms with Gasteiger partial charge in [0.15, 0.2) is 0 Å². The summed E-state index contributed by atoms with van der Waals surface area (Å²) < 4.78 is 5.97. The third kappa shape index (κ3) is 2.91. The van der Waals surface area contributed by atoms with Gasteiger partial charge in [0.1, 0.15) is 17.7 Å². The number of nitriles is 1. The first-order valence-corrected chi connectivity index (χ1v) is 7.37. The molecule has 1 saturated heterocycles. The molecule has 5 nitrogen and oxygen atoms in total. The van der Waals surface area contributed by atoms with E-state index in [9.17, 15) is 5.26 Å². The fraction of sp³-hybridized carbons (Fsp3) is 0.667. The highest BCUT2D eigenvalue weighted by Gasteiger charge is 2.25. The second-order valence-electron chi connectivity index (χ2n) is 5.25. The minimum atomic E-state index is 0.0577. The van der Waals surface area contributed by atoms with Gasteiger partial charge in [-0.05, 0) is 37.3 Å². The summed E-state index contributed by atoms with van der Waals surface area (Å²) in [6, 6.07) is 2.25. The van der Waals surface area contributed by atoms with Crippen molar-refractivity contribution in [1.82, 2.24) is 15.5 Å². The van der Waals surface area contributed by atoms with Gasteiger partial charge in [-0.15, -0.1) is 5.10 Å². The number of piperidine rings is 1. The van der Waals surface area contributed by atoms with Crippen LogP contribution in [0.15, 0.2) is 0 Å². The third-order valence-electron chi connectivity index (χ3n) is 3.95. The van der Waals surface area contributed by atoms with Crippen LogP contribution in [0.3, 0.4) is 0 Å². The molecule has 1 aliphatic heterocycles. The Bertz CT molecular complexity index is 509. The Morgan fingerprint density at radius 3 is 2.75 bits per heavy atom. The van der Waals surface area contributed by atoms with E-state index in [1.165, 1.54) is 0 Å². The van der Waals surface area contributed by atoms with Crippen LogP contribution >= 0.6 is 0 Å². The number of hydrogen-bond acceptors (Lipinski definition) is 5. The van der Waals surface area contributed by atoms with Gasteiger partial charge in [0.25, 0.3) is 5.88 Å². The maximum atomic E-state index is 9.43. The minimum Gasteiger partial charge on any atom is -0.471 e. The fourth-order valence-electron chi connectivity index (χ4n) is 2.61. The summed E-state index contributed by atoms with van der Waals surface area (Å²) >= 11 is 0. The van der Waals surface area contributed by atoms with Gasteiger partial charge >= 0.3 is 0 Å². The molecule has 2 unspecified atom stereocenters. The van der Waals surface area contributed by atoms with E-state index in [-0.39, 0.29) is 6.10 Å². The summed E-state index contributed by atoms with van der Waals surface area (Å²) in [6.07, 6.45) is 2.69. The normalized spacial score (nSPS) is 22.3. The average Bonchev–Trinajstić information content (AvgIpc) is 2.48. The molecule has 0 aromatic carbocycles. The molecular formula is C15H22N4O. The van der Waals surface area contributed by atoms with E-state index in [0.717, 1.165) is 43.6 Å². The summed E-state index contributed by atoms with van der Waals surface area (Å²) in [6.45, 7) is 8.05. The summed E-state index contributed by atoms with van der Waals surface area (Å²) in [5, 5.41) is 21.1. The zero-order chi connectivity index (χ0) is 14.5. The first-order chi connectivity index (χ1) is 9.71. The minimum absolute atomic E-state index is 0.0577. The Morgan fingerprint density at radius 2 is 2.15 bits per heavy atom. The van der Waals surface area contributed by atoms with Crippen molar-refractivity contribution in [1.29, 1.82) is 5.26 Å². The highest BCUT2D eigenvalue weighted by molar-refractivity contribution is 5.46. The topological polar surface area (TPSA) is 70.8 Å². The van der Waals surface area contributed by atoms with Crippen LogP contribution in [0.5, 0.6) is 5.88 Å². The van der Waals surface area contributed by atoms with Gasteiger partial charge in [0.2, 0.25) is 0 Å². The van der Waals surface area contributed by atoms with Crippen molar-refractivity contribution in [3.8, 4) is 11.9 Å². The molecule has 2 heterocycles. The molecule has 0 radical (unpaired) electrons. The number of nitrogens with zero attached hydrogens (tertiary/aromatic N) is 3. The predicted molar refractivity (Wildman–Crippen MR) is 76.6 cm³/mol. The smallest absolute Gasteiger partial charge is 0.252 e. The lowest BCUT2D eigenvalue weighted by atomic mass is 9.97. The van der Waals surface area contributed by atoms with Gasteiger partial charge in [-0.3, -0.25) is 0 Å². The average molecular weight is 274 g/mol. The fourth-order valence-corrected chi connectivity index (χ4v) is 2.61. The van der Waals surface area contributed by atoms with Gasteiger partial charge < -0.3 is 10.1 Å². The van der Waals surface area contributed by atoms with Gasteiger partial charge in [-0.25, -0.2) is 0 Å². The highest BCUT2D eigenvalue weighted by atomic mass is 16.5. The molecule has 0 spiro atoms. The van der Waals surface area contributed by atoms with E-state index in [0.29, 0.717) is 17.4 Å². The molecular weight excluding hydrogens is 252 g/mol. The largest absolute Gasteiger partial charge is 0.471 e. The third-order valence-corrected chi connectivity index (χ3v) is 3.95. The van der Waals surface area contributed by atoms with Crippen molar-refractivity contribution in [2.75, 3.05) is 13.1 Å². The van der Waals surface area contributed by atoms with Crippen molar-refractivity contribution in [2.24, 2.45) is 5.92 Å². The Morgan fingerprint density at radius 1 is 1.35 bits per heavy atom. The number of ether oxygens (including phenoxy) is 1. The Hall–Kier alpha value is -1.67. The Labute approximate surface area is 120 Å². The standard InChI is InChI=1S/C15H22N4O/c1-4-11-12(8-16)15(19-18-13(11)5-2)20-14-9-17-7-6-10(14)3/h10,14,17H,4-7,9H2,1-3H3. The lowest BCUT2D eigenvalue weighted by molar-refractivity contribution is 0.108. The quantitative estimate of drug-likeness (QED) is 0.907. The molecule has 5 heteroatoms. The molecule has 1 fully saturated rings. The molecule has 1 N–H and O–H groups in total. The van der Waals surface area contributed by atoms with Crippen molar-refractivity contribution < 1.29 is 4.74 Å².